The molecule has 0 bridgehead atoms. The summed E-state index contributed by atoms with van der Waals surface area (Å²) in [4.78, 5) is 0. The summed E-state index contributed by atoms with van der Waals surface area (Å²) in [5.74, 6) is 0.407. The van der Waals surface area contributed by atoms with Crippen LogP contribution in [0.15, 0.2) is 18.2 Å². The molecule has 1 aromatic carbocycles. The molecule has 1 N–H and O–H groups in total. The number of hydrogen-bond acceptors (Lipinski definition) is 1. The Kier molecular flexibility index (Phi) is 3.22. The van der Waals surface area contributed by atoms with Gasteiger partial charge in [-0.2, -0.15) is 0 Å². The molecule has 0 aliphatic heterocycles. The Hall–Kier alpha value is -0.600. The molecule has 2 unspecified atom stereocenters. The van der Waals surface area contributed by atoms with Crippen LogP contribution in [-0.2, 0) is 5.41 Å². The van der Waals surface area contributed by atoms with Gasteiger partial charge < -0.3 is 5.32 Å². The van der Waals surface area contributed by atoms with Gasteiger partial charge in [0.1, 0.15) is 5.82 Å². The van der Waals surface area contributed by atoms with Crippen LogP contribution in [0, 0.1) is 11.7 Å². The highest BCUT2D eigenvalue weighted by molar-refractivity contribution is 6.31. The molecule has 1 saturated carbocycles. The average molecular weight is 242 g/mol. The Morgan fingerprint density at radius 3 is 2.81 bits per heavy atom. The van der Waals surface area contributed by atoms with Gasteiger partial charge in [0.05, 0.1) is 0 Å². The summed E-state index contributed by atoms with van der Waals surface area (Å²) in [5, 5.41) is 3.78. The van der Waals surface area contributed by atoms with Crippen molar-refractivity contribution in [3.8, 4) is 0 Å². The summed E-state index contributed by atoms with van der Waals surface area (Å²) in [7, 11) is 1.95. The van der Waals surface area contributed by atoms with E-state index in [1.54, 1.807) is 0 Å². The summed E-state index contributed by atoms with van der Waals surface area (Å²) in [6, 6.07) is 4.76. The fourth-order valence-electron chi connectivity index (χ4n) is 2.77. The first-order valence-electron chi connectivity index (χ1n) is 5.74. The highest BCUT2D eigenvalue weighted by Crippen LogP contribution is 2.57. The van der Waals surface area contributed by atoms with Crippen molar-refractivity contribution in [1.82, 2.24) is 5.32 Å². The van der Waals surface area contributed by atoms with E-state index in [4.69, 9.17) is 11.6 Å². The van der Waals surface area contributed by atoms with Crippen LogP contribution in [0.2, 0.25) is 5.02 Å². The molecule has 0 radical (unpaired) electrons. The molecule has 1 nitrogen and oxygen atoms in total. The molecule has 2 atom stereocenters. The first-order chi connectivity index (χ1) is 7.64. The monoisotopic (exact) mass is 241 g/mol. The van der Waals surface area contributed by atoms with Crippen molar-refractivity contribution in [3.63, 3.8) is 0 Å². The lowest BCUT2D eigenvalue weighted by molar-refractivity contribution is 0.551. The molecule has 0 spiro atoms. The number of hydrogen-bond donors (Lipinski definition) is 1. The zero-order chi connectivity index (χ0) is 11.8. The molecule has 16 heavy (non-hydrogen) atoms. The maximum atomic E-state index is 13.0. The third-order valence-corrected chi connectivity index (χ3v) is 4.00. The van der Waals surface area contributed by atoms with Gasteiger partial charge in [-0.05, 0) is 37.1 Å². The first kappa shape index (κ1) is 11.9. The lowest BCUT2D eigenvalue weighted by Crippen LogP contribution is -2.26. The number of likely N-dealkylation sites (N-methyl/N-ethyl adjacent to an activating group) is 1. The predicted molar refractivity (Wildman–Crippen MR) is 65.4 cm³/mol. The highest BCUT2D eigenvalue weighted by atomic mass is 35.5. The van der Waals surface area contributed by atoms with E-state index in [1.165, 1.54) is 12.1 Å². The van der Waals surface area contributed by atoms with Crippen LogP contribution in [0.3, 0.4) is 0 Å². The molecule has 1 fully saturated rings. The molecule has 1 aromatic rings. The fourth-order valence-corrected chi connectivity index (χ4v) is 3.12. The SMILES string of the molecule is CCC1CC1(CNC)c1ccc(F)cc1Cl. The van der Waals surface area contributed by atoms with E-state index < -0.39 is 0 Å². The minimum Gasteiger partial charge on any atom is -0.319 e. The summed E-state index contributed by atoms with van der Waals surface area (Å²) < 4.78 is 13.0. The minimum absolute atomic E-state index is 0.133. The van der Waals surface area contributed by atoms with Gasteiger partial charge in [0.15, 0.2) is 0 Å². The van der Waals surface area contributed by atoms with E-state index in [0.717, 1.165) is 24.9 Å². The standard InChI is InChI=1S/C13H17ClFN/c1-3-9-7-13(9,8-16-2)11-5-4-10(15)6-12(11)14/h4-6,9,16H,3,7-8H2,1-2H3. The summed E-state index contributed by atoms with van der Waals surface area (Å²) >= 11 is 6.14. The molecule has 0 saturated heterocycles. The molecule has 88 valence electrons. The molecule has 1 aliphatic carbocycles. The molecule has 0 amide bonds. The van der Waals surface area contributed by atoms with Gasteiger partial charge in [-0.25, -0.2) is 4.39 Å². The lowest BCUT2D eigenvalue weighted by Gasteiger charge is -2.19. The quantitative estimate of drug-likeness (QED) is 0.852. The number of rotatable bonds is 4. The predicted octanol–water partition coefficient (Wildman–Crippen LogP) is 3.37. The maximum Gasteiger partial charge on any atom is 0.124 e. The Balaban J connectivity index is 2.34. The second-order valence-electron chi connectivity index (χ2n) is 4.62. The van der Waals surface area contributed by atoms with E-state index in [9.17, 15) is 4.39 Å². The maximum absolute atomic E-state index is 13.0. The van der Waals surface area contributed by atoms with Gasteiger partial charge in [0.25, 0.3) is 0 Å². The lowest BCUT2D eigenvalue weighted by atomic mass is 9.92. The summed E-state index contributed by atoms with van der Waals surface area (Å²) in [5.41, 5.74) is 1.23. The van der Waals surface area contributed by atoms with Crippen LogP contribution in [-0.4, -0.2) is 13.6 Å². The van der Waals surface area contributed by atoms with Crippen molar-refractivity contribution in [2.24, 2.45) is 5.92 Å². The van der Waals surface area contributed by atoms with Crippen molar-refractivity contribution < 1.29 is 4.39 Å². The van der Waals surface area contributed by atoms with Crippen LogP contribution in [0.4, 0.5) is 4.39 Å². The molecule has 0 aromatic heterocycles. The van der Waals surface area contributed by atoms with Crippen molar-refractivity contribution in [2.75, 3.05) is 13.6 Å². The molecular weight excluding hydrogens is 225 g/mol. The van der Waals surface area contributed by atoms with Crippen LogP contribution in [0.5, 0.6) is 0 Å². The molecular formula is C13H17ClFN. The summed E-state index contributed by atoms with van der Waals surface area (Å²) in [6.45, 7) is 3.11. The smallest absolute Gasteiger partial charge is 0.124 e. The first-order valence-corrected chi connectivity index (χ1v) is 6.12. The molecule has 3 heteroatoms. The van der Waals surface area contributed by atoms with Crippen LogP contribution in [0.1, 0.15) is 25.3 Å². The summed E-state index contributed by atoms with van der Waals surface area (Å²) in [6.07, 6.45) is 2.30. The van der Waals surface area contributed by atoms with Crippen LogP contribution in [0.25, 0.3) is 0 Å². The second kappa shape index (κ2) is 4.34. The van der Waals surface area contributed by atoms with Crippen molar-refractivity contribution in [3.05, 3.63) is 34.6 Å². The average Bonchev–Trinajstić information content (AvgIpc) is 2.93. The van der Waals surface area contributed by atoms with Gasteiger partial charge in [0.2, 0.25) is 0 Å². The molecule has 1 aliphatic rings. The number of benzene rings is 1. The number of halogens is 2. The van der Waals surface area contributed by atoms with Gasteiger partial charge in [-0.15, -0.1) is 0 Å². The van der Waals surface area contributed by atoms with Crippen molar-refractivity contribution in [1.29, 1.82) is 0 Å². The van der Waals surface area contributed by atoms with Gasteiger partial charge in [0, 0.05) is 17.0 Å². The Morgan fingerprint density at radius 2 is 2.31 bits per heavy atom. The van der Waals surface area contributed by atoms with Crippen molar-refractivity contribution >= 4 is 11.6 Å². The Morgan fingerprint density at radius 1 is 1.56 bits per heavy atom. The van der Waals surface area contributed by atoms with E-state index in [1.807, 2.05) is 13.1 Å². The highest BCUT2D eigenvalue weighted by Gasteiger charge is 2.54. The van der Waals surface area contributed by atoms with E-state index in [-0.39, 0.29) is 11.2 Å². The normalized spacial score (nSPS) is 28.1. The number of nitrogens with one attached hydrogen (secondary N) is 1. The minimum atomic E-state index is -0.262. The largest absolute Gasteiger partial charge is 0.319 e. The van der Waals surface area contributed by atoms with Crippen molar-refractivity contribution in [2.45, 2.75) is 25.2 Å². The van der Waals surface area contributed by atoms with Gasteiger partial charge in [-0.1, -0.05) is 31.0 Å². The zero-order valence-electron chi connectivity index (χ0n) is 9.69. The van der Waals surface area contributed by atoms with Crippen LogP contribution >= 0.6 is 11.6 Å². The third kappa shape index (κ3) is 1.85. The molecule has 2 rings (SSSR count). The van der Waals surface area contributed by atoms with Crippen LogP contribution < -0.4 is 5.32 Å². The van der Waals surface area contributed by atoms with E-state index in [2.05, 4.69) is 12.2 Å². The third-order valence-electron chi connectivity index (χ3n) is 3.68. The van der Waals surface area contributed by atoms with Gasteiger partial charge >= 0.3 is 0 Å². The Bertz CT molecular complexity index is 394. The topological polar surface area (TPSA) is 12.0 Å². The van der Waals surface area contributed by atoms with E-state index in [0.29, 0.717) is 10.9 Å². The zero-order valence-corrected chi connectivity index (χ0v) is 10.4. The Labute approximate surface area is 101 Å². The van der Waals surface area contributed by atoms with Gasteiger partial charge in [-0.3, -0.25) is 0 Å². The second-order valence-corrected chi connectivity index (χ2v) is 5.03. The molecule has 0 heterocycles. The fraction of sp³-hybridized carbons (Fsp3) is 0.538. The van der Waals surface area contributed by atoms with E-state index >= 15 is 0 Å².